The summed E-state index contributed by atoms with van der Waals surface area (Å²) in [7, 11) is 0. The summed E-state index contributed by atoms with van der Waals surface area (Å²) in [6, 6.07) is 14.8. The van der Waals surface area contributed by atoms with Gasteiger partial charge in [-0.25, -0.2) is 9.07 Å². The van der Waals surface area contributed by atoms with Crippen molar-refractivity contribution in [2.45, 2.75) is 20.0 Å². The molecule has 0 fully saturated rings. The van der Waals surface area contributed by atoms with Gasteiger partial charge < -0.3 is 4.74 Å². The molecule has 3 aromatic rings. The molecule has 0 saturated carbocycles. The summed E-state index contributed by atoms with van der Waals surface area (Å²) in [6.07, 6.45) is -1.05. The van der Waals surface area contributed by atoms with Crippen LogP contribution in [0.15, 0.2) is 54.6 Å². The molecule has 0 saturated heterocycles. The zero-order chi connectivity index (χ0) is 21.0. The van der Waals surface area contributed by atoms with Gasteiger partial charge >= 0.3 is 0 Å². The fourth-order valence-corrected chi connectivity index (χ4v) is 2.92. The van der Waals surface area contributed by atoms with E-state index in [0.29, 0.717) is 11.4 Å². The van der Waals surface area contributed by atoms with Crippen LogP contribution in [0.5, 0.6) is 5.75 Å². The van der Waals surface area contributed by atoms with E-state index in [1.807, 2.05) is 18.2 Å². The van der Waals surface area contributed by atoms with Crippen LogP contribution in [0.4, 0.5) is 4.39 Å². The Morgan fingerprint density at radius 2 is 1.76 bits per heavy atom. The van der Waals surface area contributed by atoms with E-state index in [1.54, 1.807) is 25.1 Å². The molecule has 0 spiro atoms. The van der Waals surface area contributed by atoms with Gasteiger partial charge in [-0.05, 0) is 38.1 Å². The molecule has 0 radical (unpaired) electrons. The Morgan fingerprint density at radius 1 is 1.10 bits per heavy atom. The molecule has 0 bridgehead atoms. The van der Waals surface area contributed by atoms with E-state index in [1.165, 1.54) is 29.8 Å². The lowest BCUT2D eigenvalue weighted by Crippen LogP contribution is -2.47. The van der Waals surface area contributed by atoms with Crippen LogP contribution in [0.25, 0.3) is 5.69 Å². The van der Waals surface area contributed by atoms with Crippen LogP contribution in [-0.4, -0.2) is 27.7 Å². The maximum Gasteiger partial charge on any atom is 0.279 e. The lowest BCUT2D eigenvalue weighted by molar-refractivity contribution is -0.128. The second-order valence-corrected chi connectivity index (χ2v) is 6.49. The van der Waals surface area contributed by atoms with E-state index < -0.39 is 23.7 Å². The molecule has 1 unspecified atom stereocenters. The fraction of sp³-hybridized carbons (Fsp3) is 0.150. The van der Waals surface area contributed by atoms with Gasteiger partial charge in [0, 0.05) is 0 Å². The first-order chi connectivity index (χ1) is 13.9. The standard InChI is InChI=1S/C20H18ClFN4O3/c1-12-17(18(21)26(25-12)14-8-4-3-5-9-14)20(28)24-23-19(27)13(2)29-16-11-7-6-10-15(16)22/h3-11,13H,1-2H3,(H,23,27)(H,24,28). The number of halogens is 2. The molecule has 29 heavy (non-hydrogen) atoms. The fourth-order valence-electron chi connectivity index (χ4n) is 2.56. The quantitative estimate of drug-likeness (QED) is 0.625. The Labute approximate surface area is 171 Å². The monoisotopic (exact) mass is 416 g/mol. The van der Waals surface area contributed by atoms with Gasteiger partial charge in [0.05, 0.1) is 11.4 Å². The van der Waals surface area contributed by atoms with Crippen LogP contribution in [0.3, 0.4) is 0 Å². The summed E-state index contributed by atoms with van der Waals surface area (Å²) in [6.45, 7) is 3.06. The van der Waals surface area contributed by atoms with Crippen molar-refractivity contribution in [3.05, 3.63) is 76.8 Å². The number of hydrogen-bond donors (Lipinski definition) is 2. The highest BCUT2D eigenvalue weighted by Gasteiger charge is 2.23. The van der Waals surface area contributed by atoms with Gasteiger partial charge in [0.1, 0.15) is 10.7 Å². The van der Waals surface area contributed by atoms with Gasteiger partial charge in [-0.15, -0.1) is 0 Å². The number of aryl methyl sites for hydroxylation is 1. The van der Waals surface area contributed by atoms with Crippen molar-refractivity contribution in [1.29, 1.82) is 0 Å². The number of carbonyl (C=O) groups is 2. The zero-order valence-corrected chi connectivity index (χ0v) is 16.4. The van der Waals surface area contributed by atoms with E-state index in [9.17, 15) is 14.0 Å². The highest BCUT2D eigenvalue weighted by atomic mass is 35.5. The predicted molar refractivity (Wildman–Crippen MR) is 105 cm³/mol. The van der Waals surface area contributed by atoms with Crippen molar-refractivity contribution < 1.29 is 18.7 Å². The first kappa shape index (κ1) is 20.3. The Balaban J connectivity index is 1.66. The third-order valence-corrected chi connectivity index (χ3v) is 4.39. The summed E-state index contributed by atoms with van der Waals surface area (Å²) in [5.74, 6) is -1.96. The molecule has 2 amide bonds. The predicted octanol–water partition coefficient (Wildman–Crippen LogP) is 3.20. The second-order valence-electron chi connectivity index (χ2n) is 6.13. The second kappa shape index (κ2) is 8.74. The highest BCUT2D eigenvalue weighted by molar-refractivity contribution is 6.33. The lowest BCUT2D eigenvalue weighted by atomic mass is 10.2. The number of ether oxygens (including phenoxy) is 1. The Hall–Kier alpha value is -3.39. The molecule has 9 heteroatoms. The van der Waals surface area contributed by atoms with Crippen molar-refractivity contribution in [3.8, 4) is 11.4 Å². The molecule has 3 rings (SSSR count). The van der Waals surface area contributed by atoms with E-state index in [2.05, 4.69) is 16.0 Å². The Morgan fingerprint density at radius 3 is 2.45 bits per heavy atom. The molecule has 1 aromatic heterocycles. The summed E-state index contributed by atoms with van der Waals surface area (Å²) in [5, 5.41) is 4.38. The van der Waals surface area contributed by atoms with E-state index in [-0.39, 0.29) is 16.5 Å². The van der Waals surface area contributed by atoms with Crippen LogP contribution in [0.1, 0.15) is 23.0 Å². The van der Waals surface area contributed by atoms with E-state index >= 15 is 0 Å². The summed E-state index contributed by atoms with van der Waals surface area (Å²) in [5.41, 5.74) is 5.72. The van der Waals surface area contributed by atoms with Gasteiger partial charge in [0.15, 0.2) is 17.7 Å². The zero-order valence-electron chi connectivity index (χ0n) is 15.6. The summed E-state index contributed by atoms with van der Waals surface area (Å²) < 4.78 is 20.3. The van der Waals surface area contributed by atoms with Crippen molar-refractivity contribution >= 4 is 23.4 Å². The number of amides is 2. The summed E-state index contributed by atoms with van der Waals surface area (Å²) in [4.78, 5) is 24.7. The average molecular weight is 417 g/mol. The molecule has 150 valence electrons. The number of hydrazine groups is 1. The van der Waals surface area contributed by atoms with Gasteiger partial charge in [0.25, 0.3) is 11.8 Å². The number of nitrogens with zero attached hydrogens (tertiary/aromatic N) is 2. The van der Waals surface area contributed by atoms with Crippen molar-refractivity contribution in [3.63, 3.8) is 0 Å². The average Bonchev–Trinajstić information content (AvgIpc) is 3.02. The third kappa shape index (κ3) is 4.55. The normalized spacial score (nSPS) is 11.6. The molecule has 0 aliphatic heterocycles. The molecule has 1 atom stereocenters. The molecule has 2 aromatic carbocycles. The maximum atomic E-state index is 13.6. The minimum atomic E-state index is -1.05. The number of nitrogens with one attached hydrogen (secondary N) is 2. The van der Waals surface area contributed by atoms with Crippen molar-refractivity contribution in [1.82, 2.24) is 20.6 Å². The third-order valence-electron chi connectivity index (χ3n) is 4.04. The SMILES string of the molecule is Cc1nn(-c2ccccc2)c(Cl)c1C(=O)NNC(=O)C(C)Oc1ccccc1F. The largest absolute Gasteiger partial charge is 0.478 e. The van der Waals surface area contributed by atoms with Crippen LogP contribution >= 0.6 is 11.6 Å². The number of aromatic nitrogens is 2. The smallest absolute Gasteiger partial charge is 0.279 e. The van der Waals surface area contributed by atoms with Crippen molar-refractivity contribution in [2.75, 3.05) is 0 Å². The molecular weight excluding hydrogens is 399 g/mol. The minimum absolute atomic E-state index is 0.0653. The Kier molecular flexibility index (Phi) is 6.13. The number of benzene rings is 2. The first-order valence-electron chi connectivity index (χ1n) is 8.70. The molecule has 2 N–H and O–H groups in total. The molecular formula is C20H18ClFN4O3. The molecule has 1 heterocycles. The lowest BCUT2D eigenvalue weighted by Gasteiger charge is -2.15. The van der Waals surface area contributed by atoms with Crippen LogP contribution in [0.2, 0.25) is 5.15 Å². The topological polar surface area (TPSA) is 85.3 Å². The van der Waals surface area contributed by atoms with Crippen LogP contribution in [-0.2, 0) is 4.79 Å². The molecule has 7 nitrogen and oxygen atoms in total. The first-order valence-corrected chi connectivity index (χ1v) is 9.08. The van der Waals surface area contributed by atoms with Gasteiger partial charge in [0.2, 0.25) is 0 Å². The number of carbonyl (C=O) groups excluding carboxylic acids is 2. The number of para-hydroxylation sites is 2. The minimum Gasteiger partial charge on any atom is -0.478 e. The molecule has 0 aliphatic rings. The maximum absolute atomic E-state index is 13.6. The molecule has 0 aliphatic carbocycles. The summed E-state index contributed by atoms with van der Waals surface area (Å²) >= 11 is 6.32. The highest BCUT2D eigenvalue weighted by Crippen LogP contribution is 2.23. The number of rotatable bonds is 5. The number of hydrogen-bond acceptors (Lipinski definition) is 4. The van der Waals surface area contributed by atoms with E-state index in [4.69, 9.17) is 16.3 Å². The Bertz CT molecular complexity index is 1040. The van der Waals surface area contributed by atoms with Crippen LogP contribution in [0, 0.1) is 12.7 Å². The van der Waals surface area contributed by atoms with E-state index in [0.717, 1.165) is 0 Å². The van der Waals surface area contributed by atoms with Gasteiger partial charge in [-0.1, -0.05) is 41.9 Å². The van der Waals surface area contributed by atoms with Crippen molar-refractivity contribution in [2.24, 2.45) is 0 Å². The van der Waals surface area contributed by atoms with Crippen LogP contribution < -0.4 is 15.6 Å². The van der Waals surface area contributed by atoms with Gasteiger partial charge in [-0.3, -0.25) is 20.4 Å². The van der Waals surface area contributed by atoms with Gasteiger partial charge in [-0.2, -0.15) is 5.10 Å².